The van der Waals surface area contributed by atoms with Crippen LogP contribution in [0.4, 0.5) is 5.69 Å². The van der Waals surface area contributed by atoms with Gasteiger partial charge in [-0.05, 0) is 80.4 Å². The number of carbonyl (C=O) groups is 1. The Kier molecular flexibility index (Phi) is 5.97. The Morgan fingerprint density at radius 2 is 1.69 bits per heavy atom. The second-order valence-corrected chi connectivity index (χ2v) is 7.95. The van der Waals surface area contributed by atoms with E-state index in [4.69, 9.17) is 16.3 Å². The van der Waals surface area contributed by atoms with Crippen LogP contribution in [0.15, 0.2) is 65.5 Å². The summed E-state index contributed by atoms with van der Waals surface area (Å²) in [6, 6.07) is 17.9. The Morgan fingerprint density at radius 3 is 2.38 bits per heavy atom. The van der Waals surface area contributed by atoms with Gasteiger partial charge in [0.2, 0.25) is 0 Å². The van der Waals surface area contributed by atoms with Crippen molar-refractivity contribution in [3.63, 3.8) is 0 Å². The Bertz CT molecular complexity index is 1350. The largest absolute Gasteiger partial charge is 0.484 e. The van der Waals surface area contributed by atoms with Crippen molar-refractivity contribution in [2.75, 3.05) is 11.9 Å². The number of ether oxygens (including phenoxy) is 1. The Labute approximate surface area is 190 Å². The normalized spacial score (nSPS) is 10.9. The van der Waals surface area contributed by atoms with Gasteiger partial charge in [-0.15, -0.1) is 0 Å². The summed E-state index contributed by atoms with van der Waals surface area (Å²) in [5.41, 5.74) is 3.60. The van der Waals surface area contributed by atoms with Gasteiger partial charge < -0.3 is 10.1 Å². The molecule has 0 spiro atoms. The van der Waals surface area contributed by atoms with Crippen LogP contribution in [-0.2, 0) is 4.79 Å². The van der Waals surface area contributed by atoms with Crippen LogP contribution >= 0.6 is 11.6 Å². The Balaban J connectivity index is 1.47. The van der Waals surface area contributed by atoms with Crippen LogP contribution in [-0.4, -0.2) is 22.1 Å². The molecule has 0 aliphatic rings. The van der Waals surface area contributed by atoms with Crippen molar-refractivity contribution in [3.8, 4) is 11.4 Å². The lowest BCUT2D eigenvalue weighted by atomic mass is 10.1. The van der Waals surface area contributed by atoms with Crippen LogP contribution in [0.2, 0.25) is 5.02 Å². The number of anilines is 1. The van der Waals surface area contributed by atoms with Gasteiger partial charge in [-0.25, -0.2) is 4.98 Å². The summed E-state index contributed by atoms with van der Waals surface area (Å²) < 4.78 is 7.16. The first-order valence-corrected chi connectivity index (χ1v) is 10.5. The van der Waals surface area contributed by atoms with Gasteiger partial charge in [0.25, 0.3) is 11.5 Å². The highest BCUT2D eigenvalue weighted by Crippen LogP contribution is 2.26. The molecular weight excluding hydrogens is 426 g/mol. The van der Waals surface area contributed by atoms with Crippen LogP contribution in [0.1, 0.15) is 17.0 Å². The number of aromatic nitrogens is 2. The van der Waals surface area contributed by atoms with Crippen LogP contribution < -0.4 is 15.6 Å². The molecule has 0 atom stereocenters. The van der Waals surface area contributed by atoms with Gasteiger partial charge in [0, 0.05) is 10.7 Å². The van der Waals surface area contributed by atoms with Crippen molar-refractivity contribution in [2.24, 2.45) is 0 Å². The zero-order valence-corrected chi connectivity index (χ0v) is 18.7. The molecule has 3 aromatic carbocycles. The summed E-state index contributed by atoms with van der Waals surface area (Å²) in [5, 5.41) is 4.05. The van der Waals surface area contributed by atoms with Gasteiger partial charge >= 0.3 is 0 Å². The average molecular weight is 448 g/mol. The molecular formula is C25H22ClN3O3. The molecule has 0 fully saturated rings. The van der Waals surface area contributed by atoms with E-state index in [-0.39, 0.29) is 18.1 Å². The Hall–Kier alpha value is -3.64. The number of fused-ring (bicyclic) bond motifs is 1. The third kappa shape index (κ3) is 4.36. The zero-order chi connectivity index (χ0) is 22.8. The molecule has 0 radical (unpaired) electrons. The number of nitrogens with one attached hydrogen (secondary N) is 1. The third-order valence-corrected chi connectivity index (χ3v) is 5.73. The molecule has 162 valence electrons. The van der Waals surface area contributed by atoms with E-state index in [1.54, 1.807) is 54.0 Å². The predicted molar refractivity (Wildman–Crippen MR) is 127 cm³/mol. The summed E-state index contributed by atoms with van der Waals surface area (Å²) in [4.78, 5) is 29.8. The fourth-order valence-corrected chi connectivity index (χ4v) is 3.69. The highest BCUT2D eigenvalue weighted by atomic mass is 35.5. The third-order valence-electron chi connectivity index (χ3n) is 5.13. The van der Waals surface area contributed by atoms with Gasteiger partial charge in [-0.1, -0.05) is 23.7 Å². The number of carbonyl (C=O) groups excluding carboxylic acids is 1. The van der Waals surface area contributed by atoms with Crippen molar-refractivity contribution >= 4 is 34.1 Å². The average Bonchev–Trinajstić information content (AvgIpc) is 2.77. The highest BCUT2D eigenvalue weighted by Gasteiger charge is 2.11. The van der Waals surface area contributed by atoms with Crippen LogP contribution in [0.5, 0.6) is 5.75 Å². The number of halogens is 1. The highest BCUT2D eigenvalue weighted by molar-refractivity contribution is 6.32. The van der Waals surface area contributed by atoms with Crippen molar-refractivity contribution in [1.82, 2.24) is 9.55 Å². The molecule has 0 saturated heterocycles. The maximum atomic E-state index is 12.9. The summed E-state index contributed by atoms with van der Waals surface area (Å²) in [6.07, 6.45) is 0. The lowest BCUT2D eigenvalue weighted by molar-refractivity contribution is -0.118. The standard InChI is InChI=1S/C25H22ClN3O3/c1-15-12-20(13-16(2)24(15)26)32-14-23(30)28-18-8-10-19(11-9-18)29-17(3)27-22-7-5-4-6-21(22)25(29)31/h4-13H,14H2,1-3H3,(H,28,30). The van der Waals surface area contributed by atoms with E-state index in [0.717, 1.165) is 11.1 Å². The minimum atomic E-state index is -0.288. The van der Waals surface area contributed by atoms with Crippen molar-refractivity contribution in [1.29, 1.82) is 0 Å². The number of amides is 1. The molecule has 0 aliphatic heterocycles. The smallest absolute Gasteiger partial charge is 0.265 e. The monoisotopic (exact) mass is 447 g/mol. The second kappa shape index (κ2) is 8.85. The van der Waals surface area contributed by atoms with Crippen molar-refractivity contribution in [2.45, 2.75) is 20.8 Å². The van der Waals surface area contributed by atoms with Gasteiger partial charge in [-0.3, -0.25) is 14.2 Å². The molecule has 0 saturated carbocycles. The maximum Gasteiger partial charge on any atom is 0.265 e. The summed E-state index contributed by atoms with van der Waals surface area (Å²) in [7, 11) is 0. The fourth-order valence-electron chi connectivity index (χ4n) is 3.58. The van der Waals surface area contributed by atoms with E-state index in [1.807, 2.05) is 32.0 Å². The first-order chi connectivity index (χ1) is 15.3. The molecule has 7 heteroatoms. The second-order valence-electron chi connectivity index (χ2n) is 7.57. The quantitative estimate of drug-likeness (QED) is 0.468. The van der Waals surface area contributed by atoms with E-state index in [2.05, 4.69) is 10.3 Å². The van der Waals surface area contributed by atoms with Crippen molar-refractivity contribution < 1.29 is 9.53 Å². The van der Waals surface area contributed by atoms with E-state index < -0.39 is 0 Å². The fraction of sp³-hybridized carbons (Fsp3) is 0.160. The Morgan fingerprint density at radius 1 is 1.03 bits per heavy atom. The SMILES string of the molecule is Cc1cc(OCC(=O)Nc2ccc(-n3c(C)nc4ccccc4c3=O)cc2)cc(C)c1Cl. The molecule has 4 rings (SSSR count). The van der Waals surface area contributed by atoms with E-state index in [1.165, 1.54) is 0 Å². The molecule has 6 nitrogen and oxygen atoms in total. The first-order valence-electron chi connectivity index (χ1n) is 10.1. The lowest BCUT2D eigenvalue weighted by Crippen LogP contribution is -2.22. The predicted octanol–water partition coefficient (Wildman–Crippen LogP) is 4.98. The number of rotatable bonds is 5. The molecule has 1 aromatic heterocycles. The maximum absolute atomic E-state index is 12.9. The molecule has 1 amide bonds. The molecule has 1 N–H and O–H groups in total. The summed E-state index contributed by atoms with van der Waals surface area (Å²) in [6.45, 7) is 5.44. The molecule has 32 heavy (non-hydrogen) atoms. The molecule has 4 aromatic rings. The molecule has 0 bridgehead atoms. The number of hydrogen-bond donors (Lipinski definition) is 1. The number of aryl methyl sites for hydroxylation is 3. The molecule has 1 heterocycles. The van der Waals surface area contributed by atoms with Crippen LogP contribution in [0.25, 0.3) is 16.6 Å². The van der Waals surface area contributed by atoms with E-state index in [9.17, 15) is 9.59 Å². The van der Waals surface area contributed by atoms with Gasteiger partial charge in [0.05, 0.1) is 16.6 Å². The van der Waals surface area contributed by atoms with Gasteiger partial charge in [0.1, 0.15) is 11.6 Å². The van der Waals surface area contributed by atoms with Gasteiger partial charge in [-0.2, -0.15) is 0 Å². The number of nitrogens with zero attached hydrogens (tertiary/aromatic N) is 2. The minimum absolute atomic E-state index is 0.130. The topological polar surface area (TPSA) is 73.2 Å². The van der Waals surface area contributed by atoms with E-state index >= 15 is 0 Å². The summed E-state index contributed by atoms with van der Waals surface area (Å²) in [5.74, 6) is 0.893. The molecule has 0 aliphatic carbocycles. The van der Waals surface area contributed by atoms with Crippen molar-refractivity contribution in [3.05, 3.63) is 93.0 Å². The first kappa shape index (κ1) is 21.6. The molecule has 0 unspecified atom stereocenters. The lowest BCUT2D eigenvalue weighted by Gasteiger charge is -2.12. The number of hydrogen-bond acceptors (Lipinski definition) is 4. The van der Waals surface area contributed by atoms with Crippen LogP contribution in [0, 0.1) is 20.8 Å². The number of para-hydroxylation sites is 1. The number of benzene rings is 3. The summed E-state index contributed by atoms with van der Waals surface area (Å²) >= 11 is 6.16. The van der Waals surface area contributed by atoms with E-state index in [0.29, 0.717) is 38.9 Å². The minimum Gasteiger partial charge on any atom is -0.484 e. The van der Waals surface area contributed by atoms with Crippen LogP contribution in [0.3, 0.4) is 0 Å². The zero-order valence-electron chi connectivity index (χ0n) is 18.0. The van der Waals surface area contributed by atoms with Gasteiger partial charge in [0.15, 0.2) is 6.61 Å².